The number of benzene rings is 2. The summed E-state index contributed by atoms with van der Waals surface area (Å²) in [6, 6.07) is 17.1. The number of carbonyl (C=O) groups excluding carboxylic acids is 1. The fraction of sp³-hybridized carbons (Fsp3) is 0.174. The molecule has 2 atom stereocenters. The molecule has 1 saturated heterocycles. The summed E-state index contributed by atoms with van der Waals surface area (Å²) in [6.45, 7) is 1.95. The van der Waals surface area contributed by atoms with Crippen LogP contribution in [0.3, 0.4) is 0 Å². The number of nitrogens with one attached hydrogen (secondary N) is 2. The largest absolute Gasteiger partial charge is 0.363 e. The average Bonchev–Trinajstić information content (AvgIpc) is 3.43. The molecule has 8 heteroatoms. The van der Waals surface area contributed by atoms with Gasteiger partial charge in [0.1, 0.15) is 16.9 Å². The van der Waals surface area contributed by atoms with E-state index in [1.54, 1.807) is 12.1 Å². The molecule has 2 N–H and O–H groups in total. The molecule has 0 radical (unpaired) electrons. The van der Waals surface area contributed by atoms with E-state index in [1.165, 1.54) is 11.3 Å². The monoisotopic (exact) mass is 427 g/mol. The molecular weight excluding hydrogens is 410 g/mol. The highest BCUT2D eigenvalue weighted by Gasteiger charge is 2.46. The number of hydrogen-bond acceptors (Lipinski definition) is 7. The maximum atomic E-state index is 13.2. The van der Waals surface area contributed by atoms with Gasteiger partial charge in [-0.3, -0.25) is 10.2 Å². The maximum absolute atomic E-state index is 13.2. The average molecular weight is 427 g/mol. The molecule has 0 unspecified atom stereocenters. The molecule has 2 aromatic carbocycles. The Labute approximate surface area is 181 Å². The Bertz CT molecular complexity index is 1380. The van der Waals surface area contributed by atoms with Gasteiger partial charge in [0, 0.05) is 4.88 Å². The molecule has 1 aliphatic heterocycles. The number of nitriles is 1. The zero-order chi connectivity index (χ0) is 21.6. The van der Waals surface area contributed by atoms with Crippen LogP contribution in [0.4, 0.5) is 0 Å². The molecule has 0 saturated carbocycles. The normalized spacial score (nSPS) is 21.1. The summed E-state index contributed by atoms with van der Waals surface area (Å²) in [6.07, 6.45) is 0.0534. The standard InChI is InChI=1S/C23H17N5O2S/c1-23(20-9-16(12-31-20)14-4-2-3-13(7-14)11-24)22(19(29)10-21(25)26-23)15-5-6-17-18(8-15)28-30-27-17/h2-9,12,22H,10H2,1H3,(H2,25,26)/t22-,23-/m1/s1. The summed E-state index contributed by atoms with van der Waals surface area (Å²) in [7, 11) is 0. The smallest absolute Gasteiger partial charge is 0.150 e. The molecule has 152 valence electrons. The van der Waals surface area contributed by atoms with Gasteiger partial charge in [-0.1, -0.05) is 18.2 Å². The lowest BCUT2D eigenvalue weighted by Gasteiger charge is -2.41. The predicted molar refractivity (Wildman–Crippen MR) is 117 cm³/mol. The molecule has 0 amide bonds. The lowest BCUT2D eigenvalue weighted by molar-refractivity contribution is -0.121. The second-order valence-electron chi connectivity index (χ2n) is 7.79. The molecule has 0 aliphatic carbocycles. The van der Waals surface area contributed by atoms with E-state index in [9.17, 15) is 10.1 Å². The number of aromatic nitrogens is 2. The zero-order valence-corrected chi connectivity index (χ0v) is 17.4. The van der Waals surface area contributed by atoms with Crippen molar-refractivity contribution in [1.29, 1.82) is 10.7 Å². The number of rotatable bonds is 3. The van der Waals surface area contributed by atoms with Crippen molar-refractivity contribution < 1.29 is 9.42 Å². The Hall–Kier alpha value is -3.83. The van der Waals surface area contributed by atoms with E-state index in [0.717, 1.165) is 21.6 Å². The number of thiophene rings is 1. The van der Waals surface area contributed by atoms with Crippen LogP contribution in [0.5, 0.6) is 0 Å². The fourth-order valence-corrected chi connectivity index (χ4v) is 5.32. The van der Waals surface area contributed by atoms with Gasteiger partial charge in [0.05, 0.1) is 29.5 Å². The highest BCUT2D eigenvalue weighted by atomic mass is 32.1. The van der Waals surface area contributed by atoms with E-state index < -0.39 is 11.5 Å². The predicted octanol–water partition coefficient (Wildman–Crippen LogP) is 4.36. The Morgan fingerprint density at radius 1 is 1.19 bits per heavy atom. The topological polar surface area (TPSA) is 116 Å². The van der Waals surface area contributed by atoms with E-state index in [2.05, 4.69) is 21.7 Å². The Kier molecular flexibility index (Phi) is 4.41. The number of fused-ring (bicyclic) bond motifs is 1. The Morgan fingerprint density at radius 3 is 2.87 bits per heavy atom. The van der Waals surface area contributed by atoms with Crippen molar-refractivity contribution >= 4 is 34.0 Å². The van der Waals surface area contributed by atoms with Crippen molar-refractivity contribution in [1.82, 2.24) is 15.6 Å². The first kappa shape index (κ1) is 19.2. The lowest BCUT2D eigenvalue weighted by atomic mass is 9.73. The lowest BCUT2D eigenvalue weighted by Crippen LogP contribution is -2.54. The van der Waals surface area contributed by atoms with Crippen molar-refractivity contribution in [2.45, 2.75) is 24.8 Å². The third-order valence-corrected chi connectivity index (χ3v) is 6.88. The number of piperidine rings is 1. The summed E-state index contributed by atoms with van der Waals surface area (Å²) in [4.78, 5) is 14.1. The second-order valence-corrected chi connectivity index (χ2v) is 8.70. The van der Waals surface area contributed by atoms with Crippen LogP contribution in [0.2, 0.25) is 0 Å². The molecule has 2 aromatic heterocycles. The number of Topliss-reactive ketones (excluding diaryl/α,β-unsaturated/α-hetero) is 1. The summed E-state index contributed by atoms with van der Waals surface area (Å²) < 4.78 is 4.80. The minimum Gasteiger partial charge on any atom is -0.363 e. The minimum atomic E-state index is -0.799. The van der Waals surface area contributed by atoms with E-state index in [4.69, 9.17) is 10.0 Å². The zero-order valence-electron chi connectivity index (χ0n) is 16.5. The van der Waals surface area contributed by atoms with Crippen LogP contribution in [0.1, 0.15) is 35.3 Å². The third-order valence-electron chi connectivity index (χ3n) is 5.71. The first-order valence-electron chi connectivity index (χ1n) is 9.68. The summed E-state index contributed by atoms with van der Waals surface area (Å²) in [5.41, 5.74) is 3.73. The molecule has 31 heavy (non-hydrogen) atoms. The first-order valence-corrected chi connectivity index (χ1v) is 10.6. The van der Waals surface area contributed by atoms with Gasteiger partial charge in [-0.15, -0.1) is 11.3 Å². The third kappa shape index (κ3) is 3.20. The van der Waals surface area contributed by atoms with E-state index in [0.29, 0.717) is 16.6 Å². The molecule has 4 aromatic rings. The SMILES string of the molecule is C[C@]1(c2cc(-c3cccc(C#N)c3)cs2)NC(=N)CC(=O)[C@H]1c1ccc2nonc2c1. The van der Waals surface area contributed by atoms with Crippen molar-refractivity contribution in [3.8, 4) is 17.2 Å². The van der Waals surface area contributed by atoms with Gasteiger partial charge in [0.2, 0.25) is 0 Å². The first-order chi connectivity index (χ1) is 15.0. The number of amidine groups is 1. The highest BCUT2D eigenvalue weighted by molar-refractivity contribution is 7.10. The second kappa shape index (κ2) is 7.15. The molecule has 0 spiro atoms. The van der Waals surface area contributed by atoms with Crippen LogP contribution >= 0.6 is 11.3 Å². The van der Waals surface area contributed by atoms with Crippen LogP contribution in [0, 0.1) is 16.7 Å². The fourth-order valence-electron chi connectivity index (χ4n) is 4.26. The van der Waals surface area contributed by atoms with Crippen molar-refractivity contribution in [3.05, 3.63) is 69.9 Å². The van der Waals surface area contributed by atoms with Crippen LogP contribution in [-0.2, 0) is 10.3 Å². The van der Waals surface area contributed by atoms with Crippen molar-refractivity contribution in [2.75, 3.05) is 0 Å². The van der Waals surface area contributed by atoms with E-state index in [1.807, 2.05) is 48.7 Å². The van der Waals surface area contributed by atoms with Gasteiger partial charge in [-0.25, -0.2) is 4.63 Å². The van der Waals surface area contributed by atoms with Crippen LogP contribution in [0.25, 0.3) is 22.2 Å². The van der Waals surface area contributed by atoms with Crippen LogP contribution in [-0.4, -0.2) is 21.9 Å². The van der Waals surface area contributed by atoms with Gasteiger partial charge in [-0.05, 0) is 69.6 Å². The van der Waals surface area contributed by atoms with Crippen LogP contribution < -0.4 is 5.32 Å². The molecule has 0 bridgehead atoms. The molecule has 1 aliphatic rings. The molecular formula is C23H17N5O2S. The van der Waals surface area contributed by atoms with Gasteiger partial charge >= 0.3 is 0 Å². The highest BCUT2D eigenvalue weighted by Crippen LogP contribution is 2.44. The van der Waals surface area contributed by atoms with E-state index >= 15 is 0 Å². The van der Waals surface area contributed by atoms with Gasteiger partial charge < -0.3 is 5.32 Å². The Balaban J connectivity index is 1.60. The van der Waals surface area contributed by atoms with Gasteiger partial charge in [0.25, 0.3) is 0 Å². The summed E-state index contributed by atoms with van der Waals surface area (Å²) >= 11 is 1.53. The Morgan fingerprint density at radius 2 is 2.03 bits per heavy atom. The van der Waals surface area contributed by atoms with E-state index in [-0.39, 0.29) is 18.0 Å². The van der Waals surface area contributed by atoms with Crippen molar-refractivity contribution in [3.63, 3.8) is 0 Å². The molecule has 1 fully saturated rings. The molecule has 7 nitrogen and oxygen atoms in total. The minimum absolute atomic E-state index is 0.0246. The number of carbonyl (C=O) groups is 1. The van der Waals surface area contributed by atoms with Gasteiger partial charge in [0.15, 0.2) is 5.78 Å². The maximum Gasteiger partial charge on any atom is 0.150 e. The molecule has 3 heterocycles. The van der Waals surface area contributed by atoms with Gasteiger partial charge in [-0.2, -0.15) is 5.26 Å². The van der Waals surface area contributed by atoms with Crippen molar-refractivity contribution in [2.24, 2.45) is 0 Å². The quantitative estimate of drug-likeness (QED) is 0.502. The number of ketones is 1. The number of nitrogens with zero attached hydrogens (tertiary/aromatic N) is 3. The molecule has 5 rings (SSSR count). The summed E-state index contributed by atoms with van der Waals surface area (Å²) in [5, 5.41) is 30.5. The summed E-state index contributed by atoms with van der Waals surface area (Å²) in [5.74, 6) is -0.322. The number of hydrogen-bond donors (Lipinski definition) is 2. The van der Waals surface area contributed by atoms with Crippen LogP contribution in [0.15, 0.2) is 58.5 Å².